The molecule has 9 nitrogen and oxygen atoms in total. The van der Waals surface area contributed by atoms with E-state index in [1.165, 1.54) is 17.0 Å². The molecule has 40 heavy (non-hydrogen) atoms. The summed E-state index contributed by atoms with van der Waals surface area (Å²) in [6.07, 6.45) is -3.56. The average molecular weight is 579 g/mol. The van der Waals surface area contributed by atoms with E-state index in [0.29, 0.717) is 23.4 Å². The van der Waals surface area contributed by atoms with Crippen molar-refractivity contribution in [2.45, 2.75) is 39.4 Å². The van der Waals surface area contributed by atoms with Crippen molar-refractivity contribution >= 4 is 23.5 Å². The van der Waals surface area contributed by atoms with Crippen molar-refractivity contribution in [2.24, 2.45) is 5.92 Å². The molecule has 0 bridgehead atoms. The van der Waals surface area contributed by atoms with Gasteiger partial charge in [0.1, 0.15) is 0 Å². The van der Waals surface area contributed by atoms with Crippen LogP contribution in [0.3, 0.4) is 0 Å². The SMILES string of the molecule is CCOC(=O)C1CCCN(C(=O)c2nn(-c3ccc(C)c(Cl)c3)c(=O)n(Cc3ccc(C(F)(F)F)cc3)c2=O)C1. The van der Waals surface area contributed by atoms with Crippen LogP contribution in [0.1, 0.15) is 46.9 Å². The van der Waals surface area contributed by atoms with Gasteiger partial charge in [-0.25, -0.2) is 4.79 Å². The van der Waals surface area contributed by atoms with Crippen LogP contribution in [-0.4, -0.2) is 50.8 Å². The summed E-state index contributed by atoms with van der Waals surface area (Å²) in [5.41, 5.74) is -2.27. The van der Waals surface area contributed by atoms with Crippen molar-refractivity contribution in [3.63, 3.8) is 0 Å². The number of piperidine rings is 1. The Morgan fingerprint density at radius 3 is 2.45 bits per heavy atom. The molecule has 1 amide bonds. The van der Waals surface area contributed by atoms with E-state index in [2.05, 4.69) is 5.10 Å². The number of esters is 1. The third-order valence-electron chi connectivity index (χ3n) is 6.61. The summed E-state index contributed by atoms with van der Waals surface area (Å²) in [5, 5.41) is 4.41. The Balaban J connectivity index is 1.79. The van der Waals surface area contributed by atoms with Crippen LogP contribution in [0, 0.1) is 12.8 Å². The van der Waals surface area contributed by atoms with Gasteiger partial charge >= 0.3 is 17.8 Å². The highest BCUT2D eigenvalue weighted by molar-refractivity contribution is 6.31. The van der Waals surface area contributed by atoms with Gasteiger partial charge in [0.25, 0.3) is 11.5 Å². The molecule has 13 heteroatoms. The number of aromatic nitrogens is 3. The first-order valence-corrected chi connectivity index (χ1v) is 12.9. The van der Waals surface area contributed by atoms with E-state index in [-0.39, 0.29) is 30.9 Å². The minimum atomic E-state index is -4.56. The zero-order chi connectivity index (χ0) is 29.2. The molecule has 1 aliphatic rings. The van der Waals surface area contributed by atoms with E-state index in [0.717, 1.165) is 33.5 Å². The van der Waals surface area contributed by atoms with E-state index >= 15 is 0 Å². The first-order valence-electron chi connectivity index (χ1n) is 12.5. The van der Waals surface area contributed by atoms with Crippen molar-refractivity contribution in [2.75, 3.05) is 19.7 Å². The third-order valence-corrected chi connectivity index (χ3v) is 7.02. The van der Waals surface area contributed by atoms with Crippen LogP contribution in [0.25, 0.3) is 5.69 Å². The molecule has 1 unspecified atom stereocenters. The fraction of sp³-hybridized carbons (Fsp3) is 0.370. The van der Waals surface area contributed by atoms with Crippen molar-refractivity contribution in [1.29, 1.82) is 0 Å². The summed E-state index contributed by atoms with van der Waals surface area (Å²) < 4.78 is 45.7. The van der Waals surface area contributed by atoms with Gasteiger partial charge in [-0.2, -0.15) is 23.0 Å². The molecule has 0 N–H and O–H groups in total. The minimum absolute atomic E-state index is 0.00712. The number of ether oxygens (including phenoxy) is 1. The number of nitrogens with zero attached hydrogens (tertiary/aromatic N) is 4. The van der Waals surface area contributed by atoms with Gasteiger partial charge in [-0.1, -0.05) is 29.8 Å². The molecule has 3 aromatic rings. The number of benzene rings is 2. The quantitative estimate of drug-likeness (QED) is 0.412. The first kappa shape index (κ1) is 29.1. The Morgan fingerprint density at radius 1 is 1.12 bits per heavy atom. The smallest absolute Gasteiger partial charge is 0.416 e. The van der Waals surface area contributed by atoms with Gasteiger partial charge in [0.15, 0.2) is 0 Å². The van der Waals surface area contributed by atoms with Gasteiger partial charge in [0, 0.05) is 18.1 Å². The van der Waals surface area contributed by atoms with E-state index < -0.39 is 53.0 Å². The van der Waals surface area contributed by atoms with Gasteiger partial charge in [-0.15, -0.1) is 0 Å². The lowest BCUT2D eigenvalue weighted by atomic mass is 9.98. The molecule has 1 aromatic heterocycles. The van der Waals surface area contributed by atoms with Crippen molar-refractivity contribution in [1.82, 2.24) is 19.2 Å². The second kappa shape index (κ2) is 11.7. The highest BCUT2D eigenvalue weighted by Gasteiger charge is 2.33. The highest BCUT2D eigenvalue weighted by atomic mass is 35.5. The van der Waals surface area contributed by atoms with Gasteiger partial charge in [-0.3, -0.25) is 19.0 Å². The number of carbonyl (C=O) groups excluding carboxylic acids is 2. The summed E-state index contributed by atoms with van der Waals surface area (Å²) >= 11 is 6.24. The number of likely N-dealkylation sites (tertiary alicyclic amines) is 1. The zero-order valence-electron chi connectivity index (χ0n) is 21.7. The molecule has 212 valence electrons. The maximum absolute atomic E-state index is 13.6. The van der Waals surface area contributed by atoms with E-state index in [1.807, 2.05) is 0 Å². The molecule has 1 aliphatic heterocycles. The summed E-state index contributed by atoms with van der Waals surface area (Å²) in [6.45, 7) is 3.46. The van der Waals surface area contributed by atoms with Crippen LogP contribution >= 0.6 is 11.6 Å². The van der Waals surface area contributed by atoms with E-state index in [4.69, 9.17) is 16.3 Å². The van der Waals surface area contributed by atoms with Crippen LogP contribution in [0.2, 0.25) is 5.02 Å². The topological polar surface area (TPSA) is 104 Å². The Labute approximate surface area is 231 Å². The highest BCUT2D eigenvalue weighted by Crippen LogP contribution is 2.29. The first-order chi connectivity index (χ1) is 18.9. The third kappa shape index (κ3) is 6.11. The molecule has 1 saturated heterocycles. The second-order valence-corrected chi connectivity index (χ2v) is 9.81. The molecule has 0 saturated carbocycles. The van der Waals surface area contributed by atoms with Crippen molar-refractivity contribution in [3.05, 3.63) is 90.7 Å². The van der Waals surface area contributed by atoms with Crippen molar-refractivity contribution in [3.8, 4) is 5.69 Å². The number of hydrogen-bond acceptors (Lipinski definition) is 6. The molecule has 0 spiro atoms. The average Bonchev–Trinajstić information content (AvgIpc) is 2.92. The Bertz CT molecular complexity index is 1550. The maximum atomic E-state index is 13.6. The lowest BCUT2D eigenvalue weighted by Crippen LogP contribution is -2.49. The fourth-order valence-electron chi connectivity index (χ4n) is 4.42. The molecule has 4 rings (SSSR count). The number of aryl methyl sites for hydroxylation is 1. The number of hydrogen-bond donors (Lipinski definition) is 0. The number of carbonyl (C=O) groups is 2. The Kier molecular flexibility index (Phi) is 8.48. The van der Waals surface area contributed by atoms with Crippen LogP contribution in [-0.2, 0) is 22.3 Å². The molecule has 0 radical (unpaired) electrons. The van der Waals surface area contributed by atoms with E-state index in [1.54, 1.807) is 19.9 Å². The number of alkyl halides is 3. The Morgan fingerprint density at radius 2 is 1.82 bits per heavy atom. The lowest BCUT2D eigenvalue weighted by molar-refractivity contribution is -0.149. The predicted octanol–water partition coefficient (Wildman–Crippen LogP) is 3.84. The second-order valence-electron chi connectivity index (χ2n) is 9.40. The monoisotopic (exact) mass is 578 g/mol. The van der Waals surface area contributed by atoms with Crippen LogP contribution in [0.15, 0.2) is 52.1 Å². The molecule has 1 fully saturated rings. The molecule has 1 atom stereocenters. The minimum Gasteiger partial charge on any atom is -0.466 e. The summed E-state index contributed by atoms with van der Waals surface area (Å²) in [5.74, 6) is -1.81. The number of rotatable bonds is 6. The maximum Gasteiger partial charge on any atom is 0.416 e. The van der Waals surface area contributed by atoms with Gasteiger partial charge in [-0.05, 0) is 62.1 Å². The Hall–Kier alpha value is -3.93. The van der Waals surface area contributed by atoms with Crippen LogP contribution in [0.4, 0.5) is 13.2 Å². The normalized spacial score (nSPS) is 15.7. The van der Waals surface area contributed by atoms with Crippen LogP contribution in [0.5, 0.6) is 0 Å². The van der Waals surface area contributed by atoms with E-state index in [9.17, 15) is 32.3 Å². The molecular formula is C27H26ClF3N4O5. The summed E-state index contributed by atoms with van der Waals surface area (Å²) in [6, 6.07) is 8.60. The van der Waals surface area contributed by atoms with Crippen LogP contribution < -0.4 is 11.2 Å². The lowest BCUT2D eigenvalue weighted by Gasteiger charge is -2.31. The summed E-state index contributed by atoms with van der Waals surface area (Å²) in [7, 11) is 0. The van der Waals surface area contributed by atoms with Crippen molar-refractivity contribution < 1.29 is 27.5 Å². The number of amides is 1. The van der Waals surface area contributed by atoms with Gasteiger partial charge in [0.05, 0.1) is 30.3 Å². The standard InChI is InChI=1S/C27H26ClF3N4O5/c1-3-40-25(38)18-5-4-12-33(15-18)23(36)22-24(37)34(14-17-7-9-19(10-8-17)27(29,30)31)26(39)35(32-22)20-11-6-16(2)21(28)13-20/h6-11,13,18H,3-5,12,14-15H2,1-2H3. The molecule has 2 aromatic carbocycles. The summed E-state index contributed by atoms with van der Waals surface area (Å²) in [4.78, 5) is 54.1. The zero-order valence-corrected chi connectivity index (χ0v) is 22.5. The number of halogens is 4. The predicted molar refractivity (Wildman–Crippen MR) is 140 cm³/mol. The molecule has 0 aliphatic carbocycles. The fourth-order valence-corrected chi connectivity index (χ4v) is 4.59. The molecule has 2 heterocycles. The molecular weight excluding hydrogens is 553 g/mol. The van der Waals surface area contributed by atoms with Gasteiger partial charge < -0.3 is 9.64 Å². The largest absolute Gasteiger partial charge is 0.466 e. The van der Waals surface area contributed by atoms with Gasteiger partial charge in [0.2, 0.25) is 5.69 Å².